The van der Waals surface area contributed by atoms with Gasteiger partial charge in [-0.3, -0.25) is 0 Å². The second-order valence-corrected chi connectivity index (χ2v) is 15.6. The molecule has 1 aliphatic carbocycles. The van der Waals surface area contributed by atoms with Gasteiger partial charge in [0, 0.05) is 0 Å². The lowest BCUT2D eigenvalue weighted by atomic mass is 9.84. The van der Waals surface area contributed by atoms with Gasteiger partial charge in [-0.1, -0.05) is 177 Å². The normalized spacial score (nSPS) is 12.4. The maximum atomic E-state index is 2.36. The third-order valence-electron chi connectivity index (χ3n) is 9.71. The molecule has 0 nitrogen and oxygen atoms in total. The molecule has 1 saturated carbocycles. The van der Waals surface area contributed by atoms with E-state index in [1.807, 2.05) is 18.2 Å². The molecule has 5 aromatic rings. The van der Waals surface area contributed by atoms with Crippen molar-refractivity contribution in [1.29, 1.82) is 0 Å². The van der Waals surface area contributed by atoms with Crippen LogP contribution in [0.5, 0.6) is 0 Å². The predicted molar refractivity (Wildman–Crippen MR) is 224 cm³/mol. The minimum atomic E-state index is 0.285. The monoisotopic (exact) mass is 669 g/mol. The Hall–Kier alpha value is -3.90. The third kappa shape index (κ3) is 16.2. The van der Waals surface area contributed by atoms with Crippen LogP contribution in [0.3, 0.4) is 0 Å². The Morgan fingerprint density at radius 2 is 0.880 bits per heavy atom. The highest BCUT2D eigenvalue weighted by Gasteiger charge is 2.15. The Kier molecular flexibility index (Phi) is 18.0. The maximum absolute atomic E-state index is 2.36. The van der Waals surface area contributed by atoms with Gasteiger partial charge in [0.25, 0.3) is 0 Å². The number of benzene rings is 5. The largest absolute Gasteiger partial charge is 0.0622 e. The summed E-state index contributed by atoms with van der Waals surface area (Å²) in [5.41, 5.74) is 17.0. The summed E-state index contributed by atoms with van der Waals surface area (Å²) >= 11 is 0. The molecule has 0 N–H and O–H groups in total. The van der Waals surface area contributed by atoms with Gasteiger partial charge in [0.1, 0.15) is 0 Å². The van der Waals surface area contributed by atoms with Gasteiger partial charge in [-0.15, -0.1) is 0 Å². The van der Waals surface area contributed by atoms with E-state index in [9.17, 15) is 0 Å². The minimum Gasteiger partial charge on any atom is -0.0622 e. The number of aryl methyl sites for hydroxylation is 9. The molecule has 0 atom stereocenters. The zero-order valence-corrected chi connectivity index (χ0v) is 34.0. The smallest absolute Gasteiger partial charge is 0.0132 e. The molecule has 1 fully saturated rings. The highest BCUT2D eigenvalue weighted by molar-refractivity contribution is 5.36. The van der Waals surface area contributed by atoms with Crippen molar-refractivity contribution in [2.24, 2.45) is 0 Å². The number of hydrogen-bond donors (Lipinski definition) is 0. The van der Waals surface area contributed by atoms with Crippen LogP contribution in [0.15, 0.2) is 109 Å². The fourth-order valence-corrected chi connectivity index (χ4v) is 6.09. The molecule has 5 aromatic carbocycles. The summed E-state index contributed by atoms with van der Waals surface area (Å²) in [5.74, 6) is 0.855. The SMILES string of the molecule is Cc1cc(C)c(C)c(C)c1.Cc1ccc(C(C)(C)C)cc1.Cc1ccc(C)c(C)c1.Cc1cccc(C2CCCCC2)c1.Cc1ccccc1. The first-order chi connectivity index (χ1) is 23.6. The van der Waals surface area contributed by atoms with E-state index >= 15 is 0 Å². The van der Waals surface area contributed by atoms with Crippen LogP contribution in [0.4, 0.5) is 0 Å². The molecule has 268 valence electrons. The summed E-state index contributed by atoms with van der Waals surface area (Å²) in [6.45, 7) is 28.1. The number of rotatable bonds is 1. The van der Waals surface area contributed by atoms with E-state index in [0.717, 1.165) is 5.92 Å². The standard InChI is InChI=1S/C13H18.C11H16.C10H14.C9H12.C7H8/c1-11-6-5-9-13(10-11)12-7-3-2-4-8-12;1-9-5-7-10(8-6-9)11(2,3)4;1-7-5-8(2)10(4)9(3)6-7;1-7-4-5-8(2)9(3)6-7;1-7-5-3-2-4-6-7/h5-6,9-10,12H,2-4,7-8H2,1H3;5-8H,1-4H3;5-6H,1-4H3;4-6H,1-3H3;2-6H,1H3. The lowest BCUT2D eigenvalue weighted by Gasteiger charge is -2.22. The van der Waals surface area contributed by atoms with E-state index in [1.54, 1.807) is 5.56 Å². The molecule has 1 aliphatic rings. The van der Waals surface area contributed by atoms with Crippen LogP contribution in [-0.4, -0.2) is 0 Å². The van der Waals surface area contributed by atoms with E-state index in [2.05, 4.69) is 181 Å². The average Bonchev–Trinajstić information content (AvgIpc) is 3.07. The van der Waals surface area contributed by atoms with E-state index in [-0.39, 0.29) is 5.41 Å². The van der Waals surface area contributed by atoms with Crippen molar-refractivity contribution >= 4 is 0 Å². The number of hydrogen-bond acceptors (Lipinski definition) is 0. The molecule has 6 rings (SSSR count). The van der Waals surface area contributed by atoms with Gasteiger partial charge in [0.15, 0.2) is 0 Å². The highest BCUT2D eigenvalue weighted by Crippen LogP contribution is 2.32. The van der Waals surface area contributed by atoms with Crippen LogP contribution < -0.4 is 0 Å². The molecule has 0 radical (unpaired) electrons. The molecule has 0 unspecified atom stereocenters. The highest BCUT2D eigenvalue weighted by atomic mass is 14.2. The Bertz CT molecular complexity index is 1650. The van der Waals surface area contributed by atoms with E-state index < -0.39 is 0 Å². The third-order valence-corrected chi connectivity index (χ3v) is 9.71. The van der Waals surface area contributed by atoms with E-state index in [0.29, 0.717) is 0 Å². The van der Waals surface area contributed by atoms with Crippen LogP contribution in [0.2, 0.25) is 0 Å². The van der Waals surface area contributed by atoms with Crippen molar-refractivity contribution in [2.45, 2.75) is 133 Å². The first kappa shape index (κ1) is 42.3. The van der Waals surface area contributed by atoms with E-state index in [1.165, 1.54) is 93.3 Å². The van der Waals surface area contributed by atoms with Crippen LogP contribution in [0.25, 0.3) is 0 Å². The molecular formula is C50H68. The van der Waals surface area contributed by atoms with Crippen molar-refractivity contribution in [3.8, 4) is 0 Å². The molecule has 0 amide bonds. The lowest BCUT2D eigenvalue weighted by Crippen LogP contribution is -2.10. The molecule has 0 bridgehead atoms. The maximum Gasteiger partial charge on any atom is -0.0132 e. The summed E-state index contributed by atoms with van der Waals surface area (Å²) < 4.78 is 0. The summed E-state index contributed by atoms with van der Waals surface area (Å²) in [5, 5.41) is 0. The minimum absolute atomic E-state index is 0.285. The van der Waals surface area contributed by atoms with E-state index in [4.69, 9.17) is 0 Å². The Morgan fingerprint density at radius 3 is 1.34 bits per heavy atom. The van der Waals surface area contributed by atoms with Gasteiger partial charge in [0.2, 0.25) is 0 Å². The topological polar surface area (TPSA) is 0 Å². The van der Waals surface area contributed by atoms with Crippen molar-refractivity contribution in [3.05, 3.63) is 176 Å². The zero-order valence-electron chi connectivity index (χ0n) is 34.0. The summed E-state index contributed by atoms with van der Waals surface area (Å²) in [4.78, 5) is 0. The molecule has 50 heavy (non-hydrogen) atoms. The molecule has 0 saturated heterocycles. The Morgan fingerprint density at radius 1 is 0.400 bits per heavy atom. The zero-order chi connectivity index (χ0) is 37.3. The van der Waals surface area contributed by atoms with Crippen molar-refractivity contribution in [1.82, 2.24) is 0 Å². The van der Waals surface area contributed by atoms with Crippen LogP contribution >= 0.6 is 0 Å². The van der Waals surface area contributed by atoms with Gasteiger partial charge in [0.05, 0.1) is 0 Å². The van der Waals surface area contributed by atoms with Gasteiger partial charge in [-0.25, -0.2) is 0 Å². The van der Waals surface area contributed by atoms with Crippen LogP contribution in [0.1, 0.15) is 126 Å². The van der Waals surface area contributed by atoms with Gasteiger partial charge in [-0.2, -0.15) is 0 Å². The van der Waals surface area contributed by atoms with Crippen molar-refractivity contribution < 1.29 is 0 Å². The van der Waals surface area contributed by atoms with Crippen molar-refractivity contribution in [2.75, 3.05) is 0 Å². The van der Waals surface area contributed by atoms with Crippen LogP contribution in [0, 0.1) is 69.2 Å². The second-order valence-electron chi connectivity index (χ2n) is 15.6. The summed E-state index contributed by atoms with van der Waals surface area (Å²) in [7, 11) is 0. The fraction of sp³-hybridized carbons (Fsp3) is 0.400. The van der Waals surface area contributed by atoms with Crippen molar-refractivity contribution in [3.63, 3.8) is 0 Å². The first-order valence-electron chi connectivity index (χ1n) is 18.8. The molecule has 0 aromatic heterocycles. The second kappa shape index (κ2) is 21.3. The Labute approximate surface area is 308 Å². The molecular weight excluding hydrogens is 601 g/mol. The summed E-state index contributed by atoms with van der Waals surface area (Å²) in [6.07, 6.45) is 7.12. The average molecular weight is 669 g/mol. The fourth-order valence-electron chi connectivity index (χ4n) is 6.09. The quantitative estimate of drug-likeness (QED) is 0.167. The molecule has 0 heterocycles. The van der Waals surface area contributed by atoms with Gasteiger partial charge < -0.3 is 0 Å². The molecule has 0 spiro atoms. The van der Waals surface area contributed by atoms with Crippen LogP contribution in [-0.2, 0) is 5.41 Å². The van der Waals surface area contributed by atoms with Gasteiger partial charge in [-0.05, 0) is 132 Å². The van der Waals surface area contributed by atoms with Gasteiger partial charge >= 0.3 is 0 Å². The molecule has 0 heteroatoms. The lowest BCUT2D eigenvalue weighted by molar-refractivity contribution is 0.443. The Balaban J connectivity index is 0.000000220. The predicted octanol–water partition coefficient (Wildman–Crippen LogP) is 14.9. The summed E-state index contributed by atoms with van der Waals surface area (Å²) in [6, 6.07) is 39.0. The first-order valence-corrected chi connectivity index (χ1v) is 18.8. The molecule has 0 aliphatic heterocycles.